The van der Waals surface area contributed by atoms with Gasteiger partial charge in [-0.25, -0.2) is 10.4 Å². The first-order chi connectivity index (χ1) is 9.80. The third-order valence-electron chi connectivity index (χ3n) is 2.48. The lowest BCUT2D eigenvalue weighted by Crippen LogP contribution is -1.97. The Balaban J connectivity index is 2.18. The molecule has 0 aliphatic carbocycles. The summed E-state index contributed by atoms with van der Waals surface area (Å²) in [4.78, 5) is 3.71. The van der Waals surface area contributed by atoms with Gasteiger partial charge in [0.15, 0.2) is 17.9 Å². The number of ether oxygens (including phenoxy) is 2. The van der Waals surface area contributed by atoms with Gasteiger partial charge in [-0.1, -0.05) is 6.07 Å². The molecule has 1 aromatic carbocycles. The van der Waals surface area contributed by atoms with Crippen molar-refractivity contribution in [2.24, 2.45) is 5.10 Å². The van der Waals surface area contributed by atoms with E-state index in [2.05, 4.69) is 15.5 Å². The molecule has 1 N–H and O–H groups in total. The Morgan fingerprint density at radius 2 is 2.25 bits per heavy atom. The first kappa shape index (κ1) is 13.4. The van der Waals surface area contributed by atoms with Gasteiger partial charge in [-0.15, -0.1) is 0 Å². The topological polar surface area (TPSA) is 92.7 Å². The van der Waals surface area contributed by atoms with E-state index in [1.54, 1.807) is 20.3 Å². The van der Waals surface area contributed by atoms with Gasteiger partial charge in [0.2, 0.25) is 5.69 Å². The zero-order valence-corrected chi connectivity index (χ0v) is 11.0. The molecule has 20 heavy (non-hydrogen) atoms. The van der Waals surface area contributed by atoms with Crippen LogP contribution in [0.1, 0.15) is 11.3 Å². The average molecular weight is 272 g/mol. The zero-order chi connectivity index (χ0) is 14.4. The number of nitrogens with one attached hydrogen (secondary N) is 1. The lowest BCUT2D eigenvalue weighted by atomic mass is 10.2. The molecule has 0 aliphatic rings. The summed E-state index contributed by atoms with van der Waals surface area (Å²) in [6.45, 7) is 0. The summed E-state index contributed by atoms with van der Waals surface area (Å²) in [5.74, 6) is 1.36. The van der Waals surface area contributed by atoms with Crippen LogP contribution in [0.2, 0.25) is 0 Å². The second-order valence-electron chi connectivity index (χ2n) is 3.59. The highest BCUT2D eigenvalue weighted by molar-refractivity contribution is 5.85. The van der Waals surface area contributed by atoms with Crippen molar-refractivity contribution in [3.8, 4) is 17.6 Å². The predicted molar refractivity (Wildman–Crippen MR) is 72.0 cm³/mol. The van der Waals surface area contributed by atoms with Crippen molar-refractivity contribution in [1.29, 1.82) is 5.26 Å². The fourth-order valence-electron chi connectivity index (χ4n) is 1.58. The summed E-state index contributed by atoms with van der Waals surface area (Å²) in [7, 11) is 3.11. The highest BCUT2D eigenvalue weighted by Gasteiger charge is 2.08. The van der Waals surface area contributed by atoms with Crippen molar-refractivity contribution >= 4 is 12.1 Å². The Bertz CT molecular complexity index is 658. The van der Waals surface area contributed by atoms with Gasteiger partial charge in [-0.3, -0.25) is 0 Å². The molecule has 2 rings (SSSR count). The summed E-state index contributed by atoms with van der Waals surface area (Å²) in [6.07, 6.45) is 2.70. The van der Waals surface area contributed by atoms with Gasteiger partial charge in [0.1, 0.15) is 6.07 Å². The molecule has 102 valence electrons. The van der Waals surface area contributed by atoms with Crippen LogP contribution in [-0.2, 0) is 0 Å². The molecule has 0 saturated heterocycles. The van der Waals surface area contributed by atoms with Crippen LogP contribution in [0.4, 0.5) is 5.88 Å². The smallest absolute Gasteiger partial charge is 0.251 e. The first-order valence-corrected chi connectivity index (χ1v) is 5.63. The number of methoxy groups -OCH3 is 2. The molecule has 0 amide bonds. The molecule has 0 bridgehead atoms. The molecular formula is C13H12N4O3. The number of oxazole rings is 1. The normalized spacial score (nSPS) is 10.2. The second kappa shape index (κ2) is 6.24. The van der Waals surface area contributed by atoms with Crippen molar-refractivity contribution in [3.05, 3.63) is 35.9 Å². The van der Waals surface area contributed by atoms with Gasteiger partial charge in [0, 0.05) is 5.56 Å². The van der Waals surface area contributed by atoms with E-state index >= 15 is 0 Å². The van der Waals surface area contributed by atoms with Crippen LogP contribution in [-0.4, -0.2) is 25.4 Å². The monoisotopic (exact) mass is 272 g/mol. The number of hydrogen-bond donors (Lipinski definition) is 1. The minimum absolute atomic E-state index is 0.139. The predicted octanol–water partition coefficient (Wildman–Crippen LogP) is 2.01. The second-order valence-corrected chi connectivity index (χ2v) is 3.59. The maximum atomic E-state index is 8.77. The van der Waals surface area contributed by atoms with Crippen LogP contribution in [0.5, 0.6) is 11.5 Å². The Kier molecular flexibility index (Phi) is 4.19. The van der Waals surface area contributed by atoms with Crippen LogP contribution in [0.25, 0.3) is 0 Å². The van der Waals surface area contributed by atoms with Crippen LogP contribution in [0.3, 0.4) is 0 Å². The maximum absolute atomic E-state index is 8.77. The SMILES string of the molecule is COc1cccc(/C=N/Nc2ocnc2C#N)c1OC. The number of nitriles is 1. The van der Waals surface area contributed by atoms with Gasteiger partial charge >= 0.3 is 0 Å². The van der Waals surface area contributed by atoms with E-state index in [1.807, 2.05) is 18.2 Å². The van der Waals surface area contributed by atoms with Crippen LogP contribution in [0, 0.1) is 11.3 Å². The van der Waals surface area contributed by atoms with Crippen molar-refractivity contribution in [2.75, 3.05) is 19.6 Å². The number of para-hydroxylation sites is 1. The third-order valence-corrected chi connectivity index (χ3v) is 2.48. The lowest BCUT2D eigenvalue weighted by Gasteiger charge is -2.09. The minimum Gasteiger partial charge on any atom is -0.493 e. The standard InChI is InChI=1S/C13H12N4O3/c1-18-11-5-3-4-9(12(11)19-2)7-16-17-13-10(6-14)15-8-20-13/h3-5,7-8,17H,1-2H3/b16-7+. The fourth-order valence-corrected chi connectivity index (χ4v) is 1.58. The Morgan fingerprint density at radius 1 is 1.40 bits per heavy atom. The lowest BCUT2D eigenvalue weighted by molar-refractivity contribution is 0.354. The van der Waals surface area contributed by atoms with Crippen molar-refractivity contribution in [2.45, 2.75) is 0 Å². The number of aromatic nitrogens is 1. The molecule has 0 spiro atoms. The number of hydrazone groups is 1. The minimum atomic E-state index is 0.139. The Hall–Kier alpha value is -3.01. The summed E-state index contributed by atoms with van der Waals surface area (Å²) < 4.78 is 15.4. The summed E-state index contributed by atoms with van der Waals surface area (Å²) in [5, 5.41) is 12.8. The van der Waals surface area contributed by atoms with E-state index < -0.39 is 0 Å². The number of hydrogen-bond acceptors (Lipinski definition) is 7. The van der Waals surface area contributed by atoms with Crippen molar-refractivity contribution < 1.29 is 13.9 Å². The van der Waals surface area contributed by atoms with Gasteiger partial charge < -0.3 is 13.9 Å². The Labute approximate surface area is 115 Å². The van der Waals surface area contributed by atoms with Gasteiger partial charge in [-0.2, -0.15) is 10.4 Å². The van der Waals surface area contributed by atoms with E-state index in [-0.39, 0.29) is 11.6 Å². The summed E-state index contributed by atoms with van der Waals surface area (Å²) in [5.41, 5.74) is 3.46. The van der Waals surface area contributed by atoms with Crippen molar-refractivity contribution in [1.82, 2.24) is 4.98 Å². The number of rotatable bonds is 5. The van der Waals surface area contributed by atoms with Crippen LogP contribution in [0.15, 0.2) is 34.1 Å². The number of anilines is 1. The average Bonchev–Trinajstić information content (AvgIpc) is 2.94. The molecular weight excluding hydrogens is 260 g/mol. The molecule has 1 aromatic heterocycles. The van der Waals surface area contributed by atoms with E-state index in [9.17, 15) is 0 Å². The summed E-state index contributed by atoms with van der Waals surface area (Å²) in [6, 6.07) is 7.30. The maximum Gasteiger partial charge on any atom is 0.251 e. The Morgan fingerprint density at radius 3 is 2.95 bits per heavy atom. The van der Waals surface area contributed by atoms with Crippen LogP contribution >= 0.6 is 0 Å². The molecule has 7 heteroatoms. The molecule has 0 atom stereocenters. The van der Waals surface area contributed by atoms with E-state index in [0.717, 1.165) is 5.56 Å². The molecule has 2 aromatic rings. The molecule has 0 fully saturated rings. The van der Waals surface area contributed by atoms with E-state index in [4.69, 9.17) is 19.2 Å². The highest BCUT2D eigenvalue weighted by Crippen LogP contribution is 2.29. The molecule has 0 unspecified atom stereocenters. The van der Waals surface area contributed by atoms with Gasteiger partial charge in [0.05, 0.1) is 20.4 Å². The highest BCUT2D eigenvalue weighted by atomic mass is 16.5. The molecule has 1 heterocycles. The van der Waals surface area contributed by atoms with Gasteiger partial charge in [-0.05, 0) is 12.1 Å². The molecule has 0 aliphatic heterocycles. The largest absolute Gasteiger partial charge is 0.493 e. The molecule has 0 radical (unpaired) electrons. The first-order valence-electron chi connectivity index (χ1n) is 5.63. The molecule has 0 saturated carbocycles. The fraction of sp³-hybridized carbons (Fsp3) is 0.154. The summed E-state index contributed by atoms with van der Waals surface area (Å²) >= 11 is 0. The third kappa shape index (κ3) is 2.70. The van der Waals surface area contributed by atoms with Crippen LogP contribution < -0.4 is 14.9 Å². The number of benzene rings is 1. The van der Waals surface area contributed by atoms with E-state index in [1.165, 1.54) is 12.6 Å². The molecule has 7 nitrogen and oxygen atoms in total. The van der Waals surface area contributed by atoms with Crippen molar-refractivity contribution in [3.63, 3.8) is 0 Å². The van der Waals surface area contributed by atoms with E-state index in [0.29, 0.717) is 11.5 Å². The number of nitrogens with zero attached hydrogens (tertiary/aromatic N) is 3. The quantitative estimate of drug-likeness (QED) is 0.661. The van der Waals surface area contributed by atoms with Gasteiger partial charge in [0.25, 0.3) is 5.88 Å². The zero-order valence-electron chi connectivity index (χ0n) is 11.0.